The molecule has 0 spiro atoms. The molecule has 1 saturated heterocycles. The highest BCUT2D eigenvalue weighted by Gasteiger charge is 2.23. The van der Waals surface area contributed by atoms with E-state index in [1.165, 1.54) is 5.56 Å². The van der Waals surface area contributed by atoms with E-state index in [9.17, 15) is 5.11 Å². The molecule has 88 valence electrons. The van der Waals surface area contributed by atoms with Crippen LogP contribution in [0.2, 0.25) is 5.02 Å². The topological polar surface area (TPSA) is 32.3 Å². The fourth-order valence-electron chi connectivity index (χ4n) is 2.39. The van der Waals surface area contributed by atoms with Crippen molar-refractivity contribution >= 4 is 11.6 Å². The minimum atomic E-state index is 0.276. The fourth-order valence-corrected chi connectivity index (χ4v) is 2.61. The highest BCUT2D eigenvalue weighted by molar-refractivity contribution is 6.30. The van der Waals surface area contributed by atoms with Gasteiger partial charge in [0.25, 0.3) is 0 Å². The van der Waals surface area contributed by atoms with Gasteiger partial charge < -0.3 is 10.4 Å². The van der Waals surface area contributed by atoms with Crippen molar-refractivity contribution in [2.24, 2.45) is 5.92 Å². The van der Waals surface area contributed by atoms with E-state index in [0.29, 0.717) is 12.0 Å². The van der Waals surface area contributed by atoms with Gasteiger partial charge in [-0.2, -0.15) is 0 Å². The lowest BCUT2D eigenvalue weighted by atomic mass is 9.87. The van der Waals surface area contributed by atoms with Gasteiger partial charge in [-0.25, -0.2) is 0 Å². The Morgan fingerprint density at radius 1 is 1.44 bits per heavy atom. The van der Waals surface area contributed by atoms with Crippen molar-refractivity contribution in [1.29, 1.82) is 0 Å². The first-order chi connectivity index (χ1) is 7.79. The second kappa shape index (κ2) is 5.67. The molecule has 0 radical (unpaired) electrons. The minimum Gasteiger partial charge on any atom is -0.396 e. The maximum absolute atomic E-state index is 9.33. The van der Waals surface area contributed by atoms with Crippen LogP contribution in [0.4, 0.5) is 0 Å². The third kappa shape index (κ3) is 2.97. The van der Waals surface area contributed by atoms with Gasteiger partial charge >= 0.3 is 0 Å². The zero-order chi connectivity index (χ0) is 11.4. The second-order valence-electron chi connectivity index (χ2n) is 4.48. The van der Waals surface area contributed by atoms with E-state index in [1.54, 1.807) is 0 Å². The summed E-state index contributed by atoms with van der Waals surface area (Å²) in [5, 5.41) is 13.6. The molecule has 0 aliphatic carbocycles. The molecule has 2 N–H and O–H groups in total. The molecule has 2 unspecified atom stereocenters. The van der Waals surface area contributed by atoms with E-state index in [2.05, 4.69) is 11.4 Å². The summed E-state index contributed by atoms with van der Waals surface area (Å²) in [6, 6.07) is 8.36. The van der Waals surface area contributed by atoms with Crippen molar-refractivity contribution in [3.05, 3.63) is 34.9 Å². The van der Waals surface area contributed by atoms with Gasteiger partial charge in [-0.1, -0.05) is 23.7 Å². The van der Waals surface area contributed by atoms with Crippen LogP contribution >= 0.6 is 11.6 Å². The number of rotatable bonds is 3. The molecule has 2 rings (SSSR count). The van der Waals surface area contributed by atoms with Crippen LogP contribution in [0, 0.1) is 5.92 Å². The lowest BCUT2D eigenvalue weighted by Gasteiger charge is -2.31. The van der Waals surface area contributed by atoms with E-state index >= 15 is 0 Å². The number of aliphatic hydroxyl groups excluding tert-OH is 1. The van der Waals surface area contributed by atoms with Crippen LogP contribution in [0.1, 0.15) is 18.4 Å². The summed E-state index contributed by atoms with van der Waals surface area (Å²) >= 11 is 5.96. The predicted octanol–water partition coefficient (Wildman–Crippen LogP) is 2.24. The summed E-state index contributed by atoms with van der Waals surface area (Å²) in [6.45, 7) is 1.33. The first-order valence-electron chi connectivity index (χ1n) is 5.88. The van der Waals surface area contributed by atoms with E-state index < -0.39 is 0 Å². The van der Waals surface area contributed by atoms with Crippen LogP contribution in [-0.2, 0) is 6.42 Å². The van der Waals surface area contributed by atoms with Gasteiger partial charge in [0.15, 0.2) is 0 Å². The monoisotopic (exact) mass is 239 g/mol. The summed E-state index contributed by atoms with van der Waals surface area (Å²) in [5.41, 5.74) is 1.24. The van der Waals surface area contributed by atoms with Gasteiger partial charge in [-0.05, 0) is 49.4 Å². The Labute approximate surface area is 102 Å². The summed E-state index contributed by atoms with van der Waals surface area (Å²) in [6.07, 6.45) is 3.23. The molecule has 1 aromatic rings. The number of hydrogen-bond donors (Lipinski definition) is 2. The Balaban J connectivity index is 2.02. The number of aliphatic hydroxyl groups is 1. The van der Waals surface area contributed by atoms with Crippen molar-refractivity contribution in [2.45, 2.75) is 25.3 Å². The second-order valence-corrected chi connectivity index (χ2v) is 4.92. The molecular formula is C13H18ClNO. The highest BCUT2D eigenvalue weighted by atomic mass is 35.5. The Morgan fingerprint density at radius 2 is 2.31 bits per heavy atom. The molecule has 1 aliphatic rings. The average Bonchev–Trinajstić information content (AvgIpc) is 2.30. The van der Waals surface area contributed by atoms with Gasteiger partial charge in [-0.15, -0.1) is 0 Å². The summed E-state index contributed by atoms with van der Waals surface area (Å²) in [5.74, 6) is 0.382. The number of benzene rings is 1. The molecule has 0 amide bonds. The van der Waals surface area contributed by atoms with Crippen LogP contribution in [0.15, 0.2) is 24.3 Å². The third-order valence-corrected chi connectivity index (χ3v) is 3.54. The van der Waals surface area contributed by atoms with Crippen LogP contribution in [0.25, 0.3) is 0 Å². The highest BCUT2D eigenvalue weighted by Crippen LogP contribution is 2.20. The van der Waals surface area contributed by atoms with Gasteiger partial charge in [-0.3, -0.25) is 0 Å². The quantitative estimate of drug-likeness (QED) is 0.848. The zero-order valence-electron chi connectivity index (χ0n) is 9.32. The maximum Gasteiger partial charge on any atom is 0.0474 e. The van der Waals surface area contributed by atoms with Crippen LogP contribution in [0.5, 0.6) is 0 Å². The average molecular weight is 240 g/mol. The molecule has 0 bridgehead atoms. The largest absolute Gasteiger partial charge is 0.396 e. The molecular weight excluding hydrogens is 222 g/mol. The van der Waals surface area contributed by atoms with Gasteiger partial charge in [0.1, 0.15) is 0 Å². The minimum absolute atomic E-state index is 0.276. The molecule has 16 heavy (non-hydrogen) atoms. The van der Waals surface area contributed by atoms with E-state index in [0.717, 1.165) is 30.8 Å². The summed E-state index contributed by atoms with van der Waals surface area (Å²) in [7, 11) is 0. The van der Waals surface area contributed by atoms with Gasteiger partial charge in [0.05, 0.1) is 0 Å². The van der Waals surface area contributed by atoms with Gasteiger partial charge in [0, 0.05) is 17.7 Å². The maximum atomic E-state index is 9.33. The first-order valence-corrected chi connectivity index (χ1v) is 6.26. The lowest BCUT2D eigenvalue weighted by Crippen LogP contribution is -2.44. The van der Waals surface area contributed by atoms with Crippen molar-refractivity contribution < 1.29 is 5.11 Å². The molecule has 0 saturated carbocycles. The standard InChI is InChI=1S/C13H18ClNO/c14-12-5-1-3-10(7-12)8-13-11(9-16)4-2-6-15-13/h1,3,5,7,11,13,15-16H,2,4,6,8-9H2. The van der Waals surface area contributed by atoms with Crippen LogP contribution < -0.4 is 5.32 Å². The van der Waals surface area contributed by atoms with Gasteiger partial charge in [0.2, 0.25) is 0 Å². The molecule has 2 nitrogen and oxygen atoms in total. The van der Waals surface area contributed by atoms with Crippen LogP contribution in [0.3, 0.4) is 0 Å². The number of nitrogens with one attached hydrogen (secondary N) is 1. The predicted molar refractivity (Wildman–Crippen MR) is 66.8 cm³/mol. The molecule has 2 atom stereocenters. The Bertz CT molecular complexity index is 342. The van der Waals surface area contributed by atoms with Crippen molar-refractivity contribution in [3.8, 4) is 0 Å². The number of hydrogen-bond acceptors (Lipinski definition) is 2. The number of piperidine rings is 1. The smallest absolute Gasteiger partial charge is 0.0474 e. The van der Waals surface area contributed by atoms with Crippen molar-refractivity contribution in [1.82, 2.24) is 5.32 Å². The molecule has 1 aromatic carbocycles. The third-order valence-electron chi connectivity index (χ3n) is 3.31. The van der Waals surface area contributed by atoms with E-state index in [1.807, 2.05) is 18.2 Å². The molecule has 3 heteroatoms. The molecule has 1 heterocycles. The summed E-state index contributed by atoms with van der Waals surface area (Å²) < 4.78 is 0. The molecule has 1 aliphatic heterocycles. The van der Waals surface area contributed by atoms with Crippen molar-refractivity contribution in [3.63, 3.8) is 0 Å². The van der Waals surface area contributed by atoms with E-state index in [4.69, 9.17) is 11.6 Å². The SMILES string of the molecule is OCC1CCCNC1Cc1cccc(Cl)c1. The van der Waals surface area contributed by atoms with Crippen LogP contribution in [-0.4, -0.2) is 24.3 Å². The fraction of sp³-hybridized carbons (Fsp3) is 0.538. The number of halogens is 1. The Kier molecular flexibility index (Phi) is 4.22. The lowest BCUT2D eigenvalue weighted by molar-refractivity contribution is 0.159. The first kappa shape index (κ1) is 11.9. The Morgan fingerprint density at radius 3 is 3.06 bits per heavy atom. The molecule has 1 fully saturated rings. The molecule has 0 aromatic heterocycles. The summed E-state index contributed by atoms with van der Waals surface area (Å²) in [4.78, 5) is 0. The zero-order valence-corrected chi connectivity index (χ0v) is 10.1. The van der Waals surface area contributed by atoms with E-state index in [-0.39, 0.29) is 6.61 Å². The van der Waals surface area contributed by atoms with Crippen molar-refractivity contribution in [2.75, 3.05) is 13.2 Å². The Hall–Kier alpha value is -0.570. The normalized spacial score (nSPS) is 25.6.